The molecule has 0 aromatic carbocycles. The Hall–Kier alpha value is -0.890. The van der Waals surface area contributed by atoms with Crippen LogP contribution < -0.4 is 5.32 Å². The van der Waals surface area contributed by atoms with E-state index >= 15 is 0 Å². The van der Waals surface area contributed by atoms with Crippen molar-refractivity contribution in [1.82, 2.24) is 10.3 Å². The zero-order chi connectivity index (χ0) is 10.4. The summed E-state index contributed by atoms with van der Waals surface area (Å²) in [4.78, 5) is 4.16. The van der Waals surface area contributed by atoms with Gasteiger partial charge in [-0.1, -0.05) is 13.8 Å². The number of aryl methyl sites for hydroxylation is 1. The Labute approximate surface area is 86.8 Å². The first-order chi connectivity index (χ1) is 6.74. The average molecular weight is 192 g/mol. The van der Waals surface area contributed by atoms with Crippen molar-refractivity contribution in [3.63, 3.8) is 0 Å². The third-order valence-corrected chi connectivity index (χ3v) is 2.46. The summed E-state index contributed by atoms with van der Waals surface area (Å²) in [6, 6.07) is 2.08. The molecule has 1 N–H and O–H groups in total. The zero-order valence-electron chi connectivity index (χ0n) is 9.38. The molecule has 1 atom stereocenters. The van der Waals surface area contributed by atoms with E-state index in [4.69, 9.17) is 0 Å². The maximum Gasteiger partial charge on any atom is 0.0302 e. The summed E-state index contributed by atoms with van der Waals surface area (Å²) in [5.41, 5.74) is 2.72. The van der Waals surface area contributed by atoms with E-state index in [1.807, 2.05) is 12.4 Å². The lowest BCUT2D eigenvalue weighted by Gasteiger charge is -2.12. The van der Waals surface area contributed by atoms with Crippen LogP contribution in [0.25, 0.3) is 0 Å². The van der Waals surface area contributed by atoms with Gasteiger partial charge in [0.2, 0.25) is 0 Å². The highest BCUT2D eigenvalue weighted by Crippen LogP contribution is 2.10. The Kier molecular flexibility index (Phi) is 4.60. The molecule has 1 rings (SSSR count). The molecule has 2 heteroatoms. The van der Waals surface area contributed by atoms with E-state index in [0.717, 1.165) is 19.5 Å². The van der Waals surface area contributed by atoms with Crippen molar-refractivity contribution in [2.45, 2.75) is 27.2 Å². The summed E-state index contributed by atoms with van der Waals surface area (Å²) in [7, 11) is 0. The first-order valence-corrected chi connectivity index (χ1v) is 5.34. The van der Waals surface area contributed by atoms with Gasteiger partial charge in [-0.25, -0.2) is 0 Å². The molecule has 78 valence electrons. The second-order valence-electron chi connectivity index (χ2n) is 3.92. The molecule has 1 aromatic heterocycles. The van der Waals surface area contributed by atoms with Crippen LogP contribution in [0.5, 0.6) is 0 Å². The quantitative estimate of drug-likeness (QED) is 0.773. The predicted molar refractivity (Wildman–Crippen MR) is 60.4 cm³/mol. The number of aromatic nitrogens is 1. The second kappa shape index (κ2) is 5.76. The van der Waals surface area contributed by atoms with Crippen LogP contribution in [0.3, 0.4) is 0 Å². The first kappa shape index (κ1) is 11.2. The Balaban J connectivity index is 2.47. The standard InChI is InChI=1S/C12H20N2/c1-4-13-8-10(2)7-12-9-14-6-5-11(12)3/h5-6,9-10,13H,4,7-8H2,1-3H3. The molecule has 0 saturated carbocycles. The van der Waals surface area contributed by atoms with Gasteiger partial charge in [0.1, 0.15) is 0 Å². The lowest BCUT2D eigenvalue weighted by molar-refractivity contribution is 0.520. The molecule has 0 spiro atoms. The average Bonchev–Trinajstić information content (AvgIpc) is 2.18. The molecule has 1 aromatic rings. The number of nitrogens with one attached hydrogen (secondary N) is 1. The molecular weight excluding hydrogens is 172 g/mol. The minimum Gasteiger partial charge on any atom is -0.317 e. The molecule has 0 amide bonds. The summed E-state index contributed by atoms with van der Waals surface area (Å²) >= 11 is 0. The fraction of sp³-hybridized carbons (Fsp3) is 0.583. The monoisotopic (exact) mass is 192 g/mol. The summed E-state index contributed by atoms with van der Waals surface area (Å²) in [5, 5.41) is 3.37. The van der Waals surface area contributed by atoms with Gasteiger partial charge < -0.3 is 5.32 Å². The molecule has 0 saturated heterocycles. The Bertz CT molecular complexity index is 271. The molecular formula is C12H20N2. The minimum atomic E-state index is 0.679. The summed E-state index contributed by atoms with van der Waals surface area (Å²) < 4.78 is 0. The number of nitrogens with zero attached hydrogens (tertiary/aromatic N) is 1. The molecule has 0 aliphatic heterocycles. The lowest BCUT2D eigenvalue weighted by Crippen LogP contribution is -2.22. The fourth-order valence-electron chi connectivity index (χ4n) is 1.55. The van der Waals surface area contributed by atoms with Gasteiger partial charge in [0.25, 0.3) is 0 Å². The molecule has 0 bridgehead atoms. The number of hydrogen-bond donors (Lipinski definition) is 1. The third-order valence-electron chi connectivity index (χ3n) is 2.46. The second-order valence-corrected chi connectivity index (χ2v) is 3.92. The van der Waals surface area contributed by atoms with Crippen molar-refractivity contribution in [3.8, 4) is 0 Å². The lowest BCUT2D eigenvalue weighted by atomic mass is 9.99. The summed E-state index contributed by atoms with van der Waals surface area (Å²) in [6.45, 7) is 8.70. The Morgan fingerprint density at radius 2 is 2.29 bits per heavy atom. The van der Waals surface area contributed by atoms with Crippen LogP contribution in [-0.4, -0.2) is 18.1 Å². The van der Waals surface area contributed by atoms with E-state index in [1.54, 1.807) is 0 Å². The molecule has 1 heterocycles. The highest BCUT2D eigenvalue weighted by atomic mass is 14.8. The number of hydrogen-bond acceptors (Lipinski definition) is 2. The fourth-order valence-corrected chi connectivity index (χ4v) is 1.55. The first-order valence-electron chi connectivity index (χ1n) is 5.34. The number of pyridine rings is 1. The minimum absolute atomic E-state index is 0.679. The van der Waals surface area contributed by atoms with Gasteiger partial charge in [-0.2, -0.15) is 0 Å². The SMILES string of the molecule is CCNCC(C)Cc1cnccc1C. The van der Waals surface area contributed by atoms with Crippen molar-refractivity contribution in [1.29, 1.82) is 0 Å². The Morgan fingerprint density at radius 3 is 2.93 bits per heavy atom. The molecule has 1 unspecified atom stereocenters. The van der Waals surface area contributed by atoms with E-state index < -0.39 is 0 Å². The molecule has 0 radical (unpaired) electrons. The van der Waals surface area contributed by atoms with Gasteiger partial charge in [-0.15, -0.1) is 0 Å². The van der Waals surface area contributed by atoms with Crippen LogP contribution in [0.4, 0.5) is 0 Å². The molecule has 2 nitrogen and oxygen atoms in total. The van der Waals surface area contributed by atoms with Gasteiger partial charge in [0, 0.05) is 12.4 Å². The third kappa shape index (κ3) is 3.46. The largest absolute Gasteiger partial charge is 0.317 e. The molecule has 0 fully saturated rings. The van der Waals surface area contributed by atoms with Crippen LogP contribution in [0, 0.1) is 12.8 Å². The zero-order valence-corrected chi connectivity index (χ0v) is 9.38. The van der Waals surface area contributed by atoms with Gasteiger partial charge in [0.15, 0.2) is 0 Å². The maximum atomic E-state index is 4.16. The molecule has 14 heavy (non-hydrogen) atoms. The van der Waals surface area contributed by atoms with Crippen molar-refractivity contribution in [3.05, 3.63) is 29.6 Å². The van der Waals surface area contributed by atoms with Crippen molar-refractivity contribution < 1.29 is 0 Å². The van der Waals surface area contributed by atoms with Crippen molar-refractivity contribution in [2.24, 2.45) is 5.92 Å². The van der Waals surface area contributed by atoms with Crippen LogP contribution in [0.2, 0.25) is 0 Å². The van der Waals surface area contributed by atoms with Crippen LogP contribution >= 0.6 is 0 Å². The van der Waals surface area contributed by atoms with Gasteiger partial charge in [0.05, 0.1) is 0 Å². The normalized spacial score (nSPS) is 12.8. The smallest absolute Gasteiger partial charge is 0.0302 e. The van der Waals surface area contributed by atoms with E-state index in [1.165, 1.54) is 11.1 Å². The summed E-state index contributed by atoms with van der Waals surface area (Å²) in [6.07, 6.45) is 4.96. The van der Waals surface area contributed by atoms with Gasteiger partial charge in [-0.3, -0.25) is 4.98 Å². The molecule has 0 aliphatic rings. The predicted octanol–water partition coefficient (Wildman–Crippen LogP) is 2.18. The summed E-state index contributed by atoms with van der Waals surface area (Å²) in [5.74, 6) is 0.679. The van der Waals surface area contributed by atoms with Crippen LogP contribution in [0.15, 0.2) is 18.5 Å². The van der Waals surface area contributed by atoms with E-state index in [2.05, 4.69) is 37.1 Å². The topological polar surface area (TPSA) is 24.9 Å². The highest BCUT2D eigenvalue weighted by Gasteiger charge is 2.04. The van der Waals surface area contributed by atoms with Crippen LogP contribution in [-0.2, 0) is 6.42 Å². The number of rotatable bonds is 5. The van der Waals surface area contributed by atoms with E-state index in [-0.39, 0.29) is 0 Å². The van der Waals surface area contributed by atoms with Crippen molar-refractivity contribution in [2.75, 3.05) is 13.1 Å². The molecule has 0 aliphatic carbocycles. The van der Waals surface area contributed by atoms with Crippen molar-refractivity contribution >= 4 is 0 Å². The highest BCUT2D eigenvalue weighted by molar-refractivity contribution is 5.21. The van der Waals surface area contributed by atoms with Gasteiger partial charge in [-0.05, 0) is 49.5 Å². The Morgan fingerprint density at radius 1 is 1.50 bits per heavy atom. The van der Waals surface area contributed by atoms with Crippen LogP contribution in [0.1, 0.15) is 25.0 Å². The maximum absolute atomic E-state index is 4.16. The van der Waals surface area contributed by atoms with E-state index in [9.17, 15) is 0 Å². The van der Waals surface area contributed by atoms with E-state index in [0.29, 0.717) is 5.92 Å². The van der Waals surface area contributed by atoms with Gasteiger partial charge >= 0.3 is 0 Å².